The molecular formula is C16H23N3O2S2. The van der Waals surface area contributed by atoms with Crippen LogP contribution in [0.15, 0.2) is 36.6 Å². The molecule has 0 amide bonds. The Balaban J connectivity index is 2.05. The van der Waals surface area contributed by atoms with E-state index in [1.807, 2.05) is 25.3 Å². The molecule has 23 heavy (non-hydrogen) atoms. The number of hydrogen-bond acceptors (Lipinski definition) is 5. The second kappa shape index (κ2) is 7.53. The molecule has 0 atom stereocenters. The van der Waals surface area contributed by atoms with E-state index in [2.05, 4.69) is 28.2 Å². The van der Waals surface area contributed by atoms with Crippen molar-refractivity contribution < 1.29 is 8.42 Å². The Bertz CT molecular complexity index is 726. The summed E-state index contributed by atoms with van der Waals surface area (Å²) in [5.74, 6) is 0.543. The van der Waals surface area contributed by atoms with Gasteiger partial charge in [-0.15, -0.1) is 11.3 Å². The molecule has 1 aromatic rings. The van der Waals surface area contributed by atoms with Crippen LogP contribution >= 0.6 is 11.3 Å². The Labute approximate surface area is 142 Å². The fourth-order valence-corrected chi connectivity index (χ4v) is 3.76. The molecule has 7 heteroatoms. The van der Waals surface area contributed by atoms with Gasteiger partial charge in [-0.2, -0.15) is 0 Å². The minimum atomic E-state index is -3.17. The van der Waals surface area contributed by atoms with Crippen molar-refractivity contribution in [3.05, 3.63) is 46.5 Å². The van der Waals surface area contributed by atoms with Gasteiger partial charge < -0.3 is 4.90 Å². The molecule has 1 N–H and O–H groups in total. The lowest BCUT2D eigenvalue weighted by Crippen LogP contribution is -2.41. The number of thiazole rings is 1. The molecule has 0 saturated carbocycles. The Hall–Kier alpha value is -1.28. The molecule has 1 aliphatic rings. The molecule has 0 unspecified atom stereocenters. The molecule has 2 heterocycles. The van der Waals surface area contributed by atoms with E-state index >= 15 is 0 Å². The molecule has 1 aromatic heterocycles. The van der Waals surface area contributed by atoms with Gasteiger partial charge in [0, 0.05) is 31.7 Å². The quantitative estimate of drug-likeness (QED) is 0.764. The van der Waals surface area contributed by atoms with Crippen LogP contribution in [0.4, 0.5) is 0 Å². The van der Waals surface area contributed by atoms with Gasteiger partial charge in [-0.1, -0.05) is 30.4 Å². The van der Waals surface area contributed by atoms with E-state index in [4.69, 9.17) is 0 Å². The highest BCUT2D eigenvalue weighted by Gasteiger charge is 2.27. The minimum absolute atomic E-state index is 0.308. The van der Waals surface area contributed by atoms with Crippen molar-refractivity contribution >= 4 is 26.9 Å². The number of sulfonamides is 1. The maximum atomic E-state index is 11.1. The van der Waals surface area contributed by atoms with Crippen LogP contribution in [-0.4, -0.2) is 51.2 Å². The first-order valence-corrected chi connectivity index (χ1v) is 10.1. The third-order valence-corrected chi connectivity index (χ3v) is 5.48. The van der Waals surface area contributed by atoms with Crippen molar-refractivity contribution in [3.8, 4) is 0 Å². The fourth-order valence-electron chi connectivity index (χ4n) is 2.25. The smallest absolute Gasteiger partial charge is 0.208 e. The van der Waals surface area contributed by atoms with E-state index in [1.54, 1.807) is 17.4 Å². The van der Waals surface area contributed by atoms with Crippen LogP contribution in [0, 0.1) is 0 Å². The Morgan fingerprint density at radius 1 is 1.52 bits per heavy atom. The number of allylic oxidation sites excluding steroid dienone is 4. The van der Waals surface area contributed by atoms with Gasteiger partial charge in [0.2, 0.25) is 10.0 Å². The minimum Gasteiger partial charge on any atom is -0.305 e. The summed E-state index contributed by atoms with van der Waals surface area (Å²) in [5, 5.41) is 1.17. The number of nitrogens with one attached hydrogen (secondary N) is 1. The number of likely N-dealkylation sites (tertiary alicyclic amines) is 1. The predicted molar refractivity (Wildman–Crippen MR) is 97.1 cm³/mol. The van der Waals surface area contributed by atoms with Crippen LogP contribution in [-0.2, 0) is 10.0 Å². The zero-order valence-corrected chi connectivity index (χ0v) is 15.4. The summed E-state index contributed by atoms with van der Waals surface area (Å²) in [5.41, 5.74) is 1.93. The number of likely N-dealkylation sites (N-methyl/N-ethyl adjacent to an activating group) is 1. The van der Waals surface area contributed by atoms with Gasteiger partial charge in [0.25, 0.3) is 0 Å². The molecule has 5 nitrogen and oxygen atoms in total. The van der Waals surface area contributed by atoms with E-state index in [0.717, 1.165) is 35.4 Å². The van der Waals surface area contributed by atoms with Gasteiger partial charge in [0.05, 0.1) is 16.1 Å². The Morgan fingerprint density at radius 3 is 2.78 bits per heavy atom. The topological polar surface area (TPSA) is 62.3 Å². The summed E-state index contributed by atoms with van der Waals surface area (Å²) in [7, 11) is -1.06. The highest BCUT2D eigenvalue weighted by Crippen LogP contribution is 2.32. The van der Waals surface area contributed by atoms with Crippen LogP contribution in [0.25, 0.3) is 5.57 Å². The SMILES string of the molecule is C=C/C(=C\C=C(/C)CNS(C)(=O)=O)c1cnc(C2CN(C)C2)s1. The van der Waals surface area contributed by atoms with E-state index in [0.29, 0.717) is 12.5 Å². The molecule has 0 spiro atoms. The molecule has 2 rings (SSSR count). The molecule has 1 saturated heterocycles. The van der Waals surface area contributed by atoms with Crippen molar-refractivity contribution in [1.29, 1.82) is 0 Å². The summed E-state index contributed by atoms with van der Waals surface area (Å²) in [4.78, 5) is 7.89. The standard InChI is InChI=1S/C16H23N3O2S2/c1-5-13(7-6-12(2)8-18-23(4,20)21)15-9-17-16(22-15)14-10-19(3)11-14/h5-7,9,14,18H,1,8,10-11H2,2-4H3/b12-6+,13-7+. The second-order valence-corrected chi connectivity index (χ2v) is 8.81. The fraction of sp³-hybridized carbons (Fsp3) is 0.438. The second-order valence-electron chi connectivity index (χ2n) is 5.91. The largest absolute Gasteiger partial charge is 0.305 e. The monoisotopic (exact) mass is 353 g/mol. The third-order valence-electron chi connectivity index (χ3n) is 3.60. The number of aromatic nitrogens is 1. The van der Waals surface area contributed by atoms with Crippen LogP contribution in [0.1, 0.15) is 22.7 Å². The first-order valence-electron chi connectivity index (χ1n) is 7.37. The van der Waals surface area contributed by atoms with Gasteiger partial charge in [0.15, 0.2) is 0 Å². The predicted octanol–water partition coefficient (Wildman–Crippen LogP) is 2.24. The maximum Gasteiger partial charge on any atom is 0.208 e. The summed E-state index contributed by atoms with van der Waals surface area (Å²) < 4.78 is 24.7. The number of rotatable bonds is 7. The van der Waals surface area contributed by atoms with Crippen LogP contribution in [0.3, 0.4) is 0 Å². The normalized spacial score (nSPS) is 18.0. The average molecular weight is 354 g/mol. The molecule has 126 valence electrons. The van der Waals surface area contributed by atoms with E-state index < -0.39 is 10.0 Å². The summed E-state index contributed by atoms with van der Waals surface area (Å²) in [6, 6.07) is 0. The number of nitrogens with zero attached hydrogens (tertiary/aromatic N) is 2. The van der Waals surface area contributed by atoms with Crippen molar-refractivity contribution in [3.63, 3.8) is 0 Å². The maximum absolute atomic E-state index is 11.1. The molecule has 0 radical (unpaired) electrons. The van der Waals surface area contributed by atoms with E-state index in [9.17, 15) is 8.42 Å². The van der Waals surface area contributed by atoms with Crippen molar-refractivity contribution in [2.24, 2.45) is 0 Å². The summed E-state index contributed by atoms with van der Waals surface area (Å²) >= 11 is 1.70. The lowest BCUT2D eigenvalue weighted by molar-refractivity contribution is 0.189. The van der Waals surface area contributed by atoms with Crippen molar-refractivity contribution in [2.75, 3.05) is 32.9 Å². The van der Waals surface area contributed by atoms with Crippen LogP contribution in [0.2, 0.25) is 0 Å². The van der Waals surface area contributed by atoms with E-state index in [-0.39, 0.29) is 0 Å². The molecular weight excluding hydrogens is 330 g/mol. The third kappa shape index (κ3) is 5.39. The van der Waals surface area contributed by atoms with Gasteiger partial charge in [-0.05, 0) is 19.5 Å². The molecule has 0 bridgehead atoms. The molecule has 1 fully saturated rings. The van der Waals surface area contributed by atoms with Crippen molar-refractivity contribution in [1.82, 2.24) is 14.6 Å². The molecule has 0 aromatic carbocycles. The zero-order chi connectivity index (χ0) is 17.0. The van der Waals surface area contributed by atoms with Gasteiger partial charge in [-0.25, -0.2) is 18.1 Å². The van der Waals surface area contributed by atoms with Gasteiger partial charge in [-0.3, -0.25) is 0 Å². The lowest BCUT2D eigenvalue weighted by atomic mass is 10.0. The molecule has 0 aliphatic carbocycles. The van der Waals surface area contributed by atoms with Crippen LogP contribution < -0.4 is 4.72 Å². The van der Waals surface area contributed by atoms with Crippen LogP contribution in [0.5, 0.6) is 0 Å². The number of hydrogen-bond donors (Lipinski definition) is 1. The Kier molecular flexibility index (Phi) is 5.91. The molecule has 1 aliphatic heterocycles. The van der Waals surface area contributed by atoms with Gasteiger partial charge in [0.1, 0.15) is 0 Å². The zero-order valence-electron chi connectivity index (χ0n) is 13.7. The Morgan fingerprint density at radius 2 is 2.22 bits per heavy atom. The first-order chi connectivity index (χ1) is 10.8. The van der Waals surface area contributed by atoms with E-state index in [1.165, 1.54) is 5.01 Å². The first kappa shape index (κ1) is 18.1. The highest BCUT2D eigenvalue weighted by atomic mass is 32.2. The highest BCUT2D eigenvalue weighted by molar-refractivity contribution is 7.88. The summed E-state index contributed by atoms with van der Waals surface area (Å²) in [6.07, 6.45) is 8.71. The average Bonchev–Trinajstić information content (AvgIpc) is 2.91. The summed E-state index contributed by atoms with van der Waals surface area (Å²) in [6.45, 7) is 8.19. The van der Waals surface area contributed by atoms with Crippen molar-refractivity contribution in [2.45, 2.75) is 12.8 Å². The van der Waals surface area contributed by atoms with Gasteiger partial charge >= 0.3 is 0 Å². The lowest BCUT2D eigenvalue weighted by Gasteiger charge is -2.34.